The molecule has 0 atom stereocenters. The molecule has 1 heterocycles. The van der Waals surface area contributed by atoms with Gasteiger partial charge in [0.05, 0.1) is 6.61 Å². The molecule has 0 aliphatic carbocycles. The predicted molar refractivity (Wildman–Crippen MR) is 84.5 cm³/mol. The second-order valence-electron chi connectivity index (χ2n) is 5.43. The van der Waals surface area contributed by atoms with Crippen molar-refractivity contribution in [1.29, 1.82) is 0 Å². The number of fused-ring (bicyclic) bond motifs is 1. The molecular formula is C18H17ClO2. The number of ether oxygens (including phenoxy) is 1. The topological polar surface area (TPSA) is 26.3 Å². The lowest BCUT2D eigenvalue weighted by molar-refractivity contribution is 0.0983. The molecule has 3 heteroatoms. The van der Waals surface area contributed by atoms with E-state index in [1.165, 1.54) is 11.1 Å². The van der Waals surface area contributed by atoms with Crippen LogP contribution in [0.5, 0.6) is 5.75 Å². The molecule has 1 aliphatic rings. The number of halogens is 1. The minimum Gasteiger partial charge on any atom is -0.493 e. The van der Waals surface area contributed by atoms with Crippen molar-refractivity contribution >= 4 is 17.4 Å². The molecule has 0 unspecified atom stereocenters. The summed E-state index contributed by atoms with van der Waals surface area (Å²) in [7, 11) is 0. The van der Waals surface area contributed by atoms with Crippen molar-refractivity contribution in [2.24, 2.45) is 0 Å². The second-order valence-corrected chi connectivity index (χ2v) is 5.83. The van der Waals surface area contributed by atoms with E-state index < -0.39 is 0 Å². The van der Waals surface area contributed by atoms with Gasteiger partial charge in [-0.05, 0) is 54.3 Å². The summed E-state index contributed by atoms with van der Waals surface area (Å²) in [6.07, 6.45) is 2.24. The van der Waals surface area contributed by atoms with E-state index in [1.54, 1.807) is 12.1 Å². The van der Waals surface area contributed by atoms with Gasteiger partial charge in [0.15, 0.2) is 5.78 Å². The lowest BCUT2D eigenvalue weighted by Crippen LogP contribution is -2.02. The van der Waals surface area contributed by atoms with Gasteiger partial charge in [-0.2, -0.15) is 0 Å². The van der Waals surface area contributed by atoms with Crippen molar-refractivity contribution in [2.75, 3.05) is 6.61 Å². The Bertz CT molecular complexity index is 692. The Labute approximate surface area is 129 Å². The molecule has 0 spiro atoms. The summed E-state index contributed by atoms with van der Waals surface area (Å²) >= 11 is 5.99. The monoisotopic (exact) mass is 300 g/mol. The Hall–Kier alpha value is -1.80. The number of rotatable bonds is 4. The summed E-state index contributed by atoms with van der Waals surface area (Å²) in [5.41, 5.74) is 4.12. The van der Waals surface area contributed by atoms with Crippen LogP contribution in [0.15, 0.2) is 36.4 Å². The molecule has 0 aromatic heterocycles. The first-order valence-electron chi connectivity index (χ1n) is 7.17. The van der Waals surface area contributed by atoms with E-state index in [0.29, 0.717) is 11.4 Å². The van der Waals surface area contributed by atoms with E-state index in [0.717, 1.165) is 36.3 Å². The van der Waals surface area contributed by atoms with Crippen molar-refractivity contribution in [3.8, 4) is 5.75 Å². The maximum Gasteiger partial charge on any atom is 0.163 e. The van der Waals surface area contributed by atoms with Gasteiger partial charge in [0.2, 0.25) is 0 Å². The number of ketones is 1. The van der Waals surface area contributed by atoms with Crippen LogP contribution >= 0.6 is 11.6 Å². The van der Waals surface area contributed by atoms with Crippen LogP contribution in [0.1, 0.15) is 33.5 Å². The lowest BCUT2D eigenvalue weighted by Gasteiger charge is -2.06. The van der Waals surface area contributed by atoms with Crippen molar-refractivity contribution in [3.05, 3.63) is 63.7 Å². The Morgan fingerprint density at radius 1 is 1.24 bits per heavy atom. The minimum absolute atomic E-state index is 0.159. The average molecular weight is 301 g/mol. The number of hydrogen-bond donors (Lipinski definition) is 0. The first kappa shape index (κ1) is 14.2. The molecule has 0 saturated carbocycles. The van der Waals surface area contributed by atoms with Crippen molar-refractivity contribution in [3.63, 3.8) is 0 Å². The molecule has 0 fully saturated rings. The van der Waals surface area contributed by atoms with Gasteiger partial charge in [-0.3, -0.25) is 4.79 Å². The zero-order chi connectivity index (χ0) is 14.8. The maximum atomic E-state index is 12.2. The van der Waals surface area contributed by atoms with E-state index in [-0.39, 0.29) is 5.78 Å². The summed E-state index contributed by atoms with van der Waals surface area (Å²) in [6.45, 7) is 2.68. The van der Waals surface area contributed by atoms with Gasteiger partial charge in [-0.15, -0.1) is 0 Å². The molecule has 0 amide bonds. The van der Waals surface area contributed by atoms with Gasteiger partial charge in [0.25, 0.3) is 0 Å². The minimum atomic E-state index is 0.159. The molecule has 0 bridgehead atoms. The number of hydrogen-bond acceptors (Lipinski definition) is 2. The highest BCUT2D eigenvalue weighted by Gasteiger charge is 2.13. The number of benzene rings is 2. The van der Waals surface area contributed by atoms with Gasteiger partial charge >= 0.3 is 0 Å². The van der Waals surface area contributed by atoms with Crippen molar-refractivity contribution in [1.82, 2.24) is 0 Å². The van der Waals surface area contributed by atoms with E-state index >= 15 is 0 Å². The fourth-order valence-electron chi connectivity index (χ4n) is 2.62. The molecule has 0 radical (unpaired) electrons. The Morgan fingerprint density at radius 2 is 2.10 bits per heavy atom. The summed E-state index contributed by atoms with van der Waals surface area (Å²) in [5, 5.41) is 0.699. The first-order valence-corrected chi connectivity index (χ1v) is 7.55. The van der Waals surface area contributed by atoms with E-state index in [1.807, 2.05) is 25.1 Å². The fraction of sp³-hybridized carbons (Fsp3) is 0.278. The Kier molecular flexibility index (Phi) is 3.98. The average Bonchev–Trinajstić information content (AvgIpc) is 2.95. The summed E-state index contributed by atoms with van der Waals surface area (Å²) in [4.78, 5) is 12.2. The van der Waals surface area contributed by atoms with Crippen molar-refractivity contribution in [2.45, 2.75) is 26.2 Å². The van der Waals surface area contributed by atoms with Gasteiger partial charge in [-0.25, -0.2) is 0 Å². The van der Waals surface area contributed by atoms with Crippen LogP contribution < -0.4 is 4.74 Å². The van der Waals surface area contributed by atoms with E-state index in [9.17, 15) is 4.79 Å². The summed E-state index contributed by atoms with van der Waals surface area (Å²) < 4.78 is 5.49. The van der Waals surface area contributed by atoms with Gasteiger partial charge < -0.3 is 4.74 Å². The molecule has 21 heavy (non-hydrogen) atoms. The molecule has 0 saturated heterocycles. The number of carbonyl (C=O) groups excluding carboxylic acids is 1. The standard InChI is InChI=1S/C18H17ClO2/c1-12-10-14(4-5-16(12)19)17(20)6-2-13-3-7-18-15(11-13)8-9-21-18/h3-5,7,10-11H,2,6,8-9H2,1H3. The molecule has 2 nitrogen and oxygen atoms in total. The Balaban J connectivity index is 1.67. The normalized spacial score (nSPS) is 12.9. The van der Waals surface area contributed by atoms with Crippen LogP contribution in [0.4, 0.5) is 0 Å². The van der Waals surface area contributed by atoms with Gasteiger partial charge in [0.1, 0.15) is 5.75 Å². The number of carbonyl (C=O) groups is 1. The molecule has 2 aromatic rings. The molecule has 3 rings (SSSR count). The fourth-order valence-corrected chi connectivity index (χ4v) is 2.73. The molecule has 2 aromatic carbocycles. The largest absolute Gasteiger partial charge is 0.493 e. The molecular weight excluding hydrogens is 284 g/mol. The quantitative estimate of drug-likeness (QED) is 0.782. The summed E-state index contributed by atoms with van der Waals surface area (Å²) in [6, 6.07) is 11.7. The zero-order valence-corrected chi connectivity index (χ0v) is 12.7. The van der Waals surface area contributed by atoms with Crippen LogP contribution in [-0.4, -0.2) is 12.4 Å². The third-order valence-corrected chi connectivity index (χ3v) is 4.30. The molecule has 0 N–H and O–H groups in total. The van der Waals surface area contributed by atoms with Crippen LogP contribution in [-0.2, 0) is 12.8 Å². The van der Waals surface area contributed by atoms with Crippen LogP contribution in [0.25, 0.3) is 0 Å². The highest BCUT2D eigenvalue weighted by atomic mass is 35.5. The van der Waals surface area contributed by atoms with Crippen LogP contribution in [0.2, 0.25) is 5.02 Å². The Morgan fingerprint density at radius 3 is 2.90 bits per heavy atom. The third kappa shape index (κ3) is 3.11. The molecule has 1 aliphatic heterocycles. The highest BCUT2D eigenvalue weighted by Crippen LogP contribution is 2.26. The lowest BCUT2D eigenvalue weighted by atomic mass is 10.00. The summed E-state index contributed by atoms with van der Waals surface area (Å²) in [5.74, 6) is 1.14. The van der Waals surface area contributed by atoms with Crippen molar-refractivity contribution < 1.29 is 9.53 Å². The third-order valence-electron chi connectivity index (χ3n) is 3.87. The van der Waals surface area contributed by atoms with E-state index in [2.05, 4.69) is 6.07 Å². The SMILES string of the molecule is Cc1cc(C(=O)CCc2ccc3c(c2)CCO3)ccc1Cl. The van der Waals surface area contributed by atoms with Gasteiger partial charge in [0, 0.05) is 23.4 Å². The number of aryl methyl sites for hydroxylation is 2. The van der Waals surface area contributed by atoms with Crippen LogP contribution in [0, 0.1) is 6.92 Å². The smallest absolute Gasteiger partial charge is 0.163 e. The maximum absolute atomic E-state index is 12.2. The number of Topliss-reactive ketones (excluding diaryl/α,β-unsaturated/α-hetero) is 1. The predicted octanol–water partition coefficient (Wildman–Crippen LogP) is 4.40. The zero-order valence-electron chi connectivity index (χ0n) is 12.0. The van der Waals surface area contributed by atoms with Gasteiger partial charge in [-0.1, -0.05) is 23.7 Å². The molecule has 108 valence electrons. The van der Waals surface area contributed by atoms with E-state index in [4.69, 9.17) is 16.3 Å². The highest BCUT2D eigenvalue weighted by molar-refractivity contribution is 6.31. The second kappa shape index (κ2) is 5.90. The first-order chi connectivity index (χ1) is 10.1. The van der Waals surface area contributed by atoms with Crippen LogP contribution in [0.3, 0.4) is 0 Å².